The Balaban J connectivity index is 3.07. The van der Waals surface area contributed by atoms with Gasteiger partial charge in [0.15, 0.2) is 0 Å². The van der Waals surface area contributed by atoms with Gasteiger partial charge < -0.3 is 9.84 Å². The lowest BCUT2D eigenvalue weighted by Crippen LogP contribution is -2.12. The van der Waals surface area contributed by atoms with Gasteiger partial charge in [-0.05, 0) is 32.0 Å². The summed E-state index contributed by atoms with van der Waals surface area (Å²) < 4.78 is 5.54. The molecular weight excluding hydrogens is 270 g/mol. The molecule has 0 aliphatic rings. The van der Waals surface area contributed by atoms with Crippen LogP contribution in [0, 0.1) is 0 Å². The average molecular weight is 284 g/mol. The summed E-state index contributed by atoms with van der Waals surface area (Å²) in [6.45, 7) is 3.79. The van der Waals surface area contributed by atoms with Crippen LogP contribution in [0.3, 0.4) is 0 Å². The fraction of sp³-hybridized carbons (Fsp3) is 0.455. The number of hydrogen-bond acceptors (Lipinski definition) is 2. The first-order valence-electron chi connectivity index (χ1n) is 4.84. The van der Waals surface area contributed by atoms with Gasteiger partial charge in [-0.15, -0.1) is 23.2 Å². The average Bonchev–Trinajstić information content (AvgIpc) is 2.18. The Morgan fingerprint density at radius 2 is 1.88 bits per heavy atom. The molecule has 1 N–H and O–H groups in total. The summed E-state index contributed by atoms with van der Waals surface area (Å²) in [6, 6.07) is 4.98. The summed E-state index contributed by atoms with van der Waals surface area (Å²) in [6.07, 6.45) is -1.02. The zero-order chi connectivity index (χ0) is 12.3. The van der Waals surface area contributed by atoms with E-state index in [4.69, 9.17) is 39.5 Å². The molecule has 1 unspecified atom stereocenters. The molecule has 0 saturated heterocycles. The first-order chi connectivity index (χ1) is 7.41. The molecule has 0 aromatic heterocycles. The highest BCUT2D eigenvalue weighted by Crippen LogP contribution is 2.33. The van der Waals surface area contributed by atoms with Crippen LogP contribution in [-0.2, 0) is 0 Å². The predicted octanol–water partition coefficient (Wildman–Crippen LogP) is 3.96. The Morgan fingerprint density at radius 1 is 1.25 bits per heavy atom. The van der Waals surface area contributed by atoms with Crippen LogP contribution in [-0.4, -0.2) is 16.0 Å². The summed E-state index contributed by atoms with van der Waals surface area (Å²) in [5.41, 5.74) is 0.496. The Morgan fingerprint density at radius 3 is 2.38 bits per heavy atom. The minimum atomic E-state index is -1.02. The van der Waals surface area contributed by atoms with Crippen LogP contribution in [0.25, 0.3) is 0 Å². The van der Waals surface area contributed by atoms with Crippen LogP contribution in [0.2, 0.25) is 5.02 Å². The molecule has 2 nitrogen and oxygen atoms in total. The number of rotatable bonds is 4. The van der Waals surface area contributed by atoms with Gasteiger partial charge in [-0.25, -0.2) is 0 Å². The molecule has 1 aromatic rings. The maximum Gasteiger partial charge on any atom is 0.137 e. The molecule has 0 aliphatic carbocycles. The summed E-state index contributed by atoms with van der Waals surface area (Å²) in [5.74, 6) is 0.540. The van der Waals surface area contributed by atoms with E-state index < -0.39 is 10.9 Å². The molecule has 0 fully saturated rings. The molecule has 0 amide bonds. The zero-order valence-electron chi connectivity index (χ0n) is 8.95. The summed E-state index contributed by atoms with van der Waals surface area (Å²) in [5, 5.41) is 10.3. The zero-order valence-corrected chi connectivity index (χ0v) is 11.2. The van der Waals surface area contributed by atoms with Crippen molar-refractivity contribution in [3.05, 3.63) is 28.8 Å². The smallest absolute Gasteiger partial charge is 0.137 e. The van der Waals surface area contributed by atoms with E-state index in [9.17, 15) is 5.11 Å². The van der Waals surface area contributed by atoms with E-state index in [0.29, 0.717) is 16.3 Å². The molecule has 5 heteroatoms. The molecule has 0 aliphatic heterocycles. The van der Waals surface area contributed by atoms with Crippen molar-refractivity contribution in [1.29, 1.82) is 0 Å². The third-order valence-electron chi connectivity index (χ3n) is 1.89. The predicted molar refractivity (Wildman–Crippen MR) is 67.7 cm³/mol. The molecule has 0 bridgehead atoms. The van der Waals surface area contributed by atoms with E-state index in [2.05, 4.69) is 0 Å². The number of ether oxygens (including phenoxy) is 1. The van der Waals surface area contributed by atoms with Crippen molar-refractivity contribution < 1.29 is 9.84 Å². The molecule has 1 rings (SSSR count). The number of aliphatic hydroxyl groups is 1. The van der Waals surface area contributed by atoms with Gasteiger partial charge in [0.05, 0.1) is 6.10 Å². The van der Waals surface area contributed by atoms with E-state index in [1.165, 1.54) is 0 Å². The second-order valence-corrected chi connectivity index (χ2v) is 5.23. The molecular formula is C11H13Cl3O2. The Kier molecular flexibility index (Phi) is 5.19. The van der Waals surface area contributed by atoms with Gasteiger partial charge in [0.1, 0.15) is 16.7 Å². The fourth-order valence-electron chi connectivity index (χ4n) is 1.25. The van der Waals surface area contributed by atoms with E-state index in [0.717, 1.165) is 0 Å². The van der Waals surface area contributed by atoms with Gasteiger partial charge in [-0.2, -0.15) is 0 Å². The summed E-state index contributed by atoms with van der Waals surface area (Å²) in [7, 11) is 0. The van der Waals surface area contributed by atoms with Gasteiger partial charge in [0.2, 0.25) is 0 Å². The van der Waals surface area contributed by atoms with Crippen molar-refractivity contribution in [3.8, 4) is 5.75 Å². The largest absolute Gasteiger partial charge is 0.491 e. The van der Waals surface area contributed by atoms with Crippen LogP contribution >= 0.6 is 34.8 Å². The standard InChI is InChI=1S/C11H13Cl3O2/c1-6(2)16-9-4-3-7(12)5-8(9)10(15)11(13)14/h3-6,10-11,15H,1-2H3. The minimum absolute atomic E-state index is 0.00349. The third-order valence-corrected chi connectivity index (χ3v) is 2.60. The van der Waals surface area contributed by atoms with Crippen LogP contribution < -0.4 is 4.74 Å². The lowest BCUT2D eigenvalue weighted by Gasteiger charge is -2.18. The van der Waals surface area contributed by atoms with Crippen molar-refractivity contribution in [2.45, 2.75) is 30.9 Å². The summed E-state index contributed by atoms with van der Waals surface area (Å²) in [4.78, 5) is -0.923. The molecule has 1 atom stereocenters. The first kappa shape index (κ1) is 13.9. The molecule has 0 spiro atoms. The highest BCUT2D eigenvalue weighted by atomic mass is 35.5. The lowest BCUT2D eigenvalue weighted by atomic mass is 10.1. The van der Waals surface area contributed by atoms with Crippen LogP contribution in [0.1, 0.15) is 25.5 Å². The van der Waals surface area contributed by atoms with E-state index in [-0.39, 0.29) is 6.10 Å². The Bertz CT molecular complexity index is 353. The first-order valence-corrected chi connectivity index (χ1v) is 6.09. The third kappa shape index (κ3) is 3.70. The Hall–Kier alpha value is -0.150. The second kappa shape index (κ2) is 5.97. The normalized spacial score (nSPS) is 13.2. The number of hydrogen-bond donors (Lipinski definition) is 1. The number of benzene rings is 1. The Labute approximate surface area is 110 Å². The number of halogens is 3. The highest BCUT2D eigenvalue weighted by molar-refractivity contribution is 6.44. The van der Waals surface area contributed by atoms with Crippen LogP contribution in [0.15, 0.2) is 18.2 Å². The van der Waals surface area contributed by atoms with Gasteiger partial charge >= 0.3 is 0 Å². The molecule has 1 aromatic carbocycles. The molecule has 0 heterocycles. The van der Waals surface area contributed by atoms with Crippen molar-refractivity contribution in [1.82, 2.24) is 0 Å². The summed E-state index contributed by atoms with van der Waals surface area (Å²) >= 11 is 17.1. The van der Waals surface area contributed by atoms with Crippen LogP contribution in [0.5, 0.6) is 5.75 Å². The van der Waals surface area contributed by atoms with Gasteiger partial charge in [-0.1, -0.05) is 11.6 Å². The second-order valence-electron chi connectivity index (χ2n) is 3.63. The maximum absolute atomic E-state index is 9.81. The van der Waals surface area contributed by atoms with Crippen LogP contribution in [0.4, 0.5) is 0 Å². The fourth-order valence-corrected chi connectivity index (χ4v) is 1.70. The van der Waals surface area contributed by atoms with Gasteiger partial charge in [-0.3, -0.25) is 0 Å². The van der Waals surface area contributed by atoms with Crippen molar-refractivity contribution in [2.75, 3.05) is 0 Å². The van der Waals surface area contributed by atoms with Gasteiger partial charge in [0.25, 0.3) is 0 Å². The lowest BCUT2D eigenvalue weighted by molar-refractivity contribution is 0.178. The molecule has 0 saturated carbocycles. The minimum Gasteiger partial charge on any atom is -0.491 e. The van der Waals surface area contributed by atoms with Crippen molar-refractivity contribution in [2.24, 2.45) is 0 Å². The topological polar surface area (TPSA) is 29.5 Å². The quantitative estimate of drug-likeness (QED) is 0.848. The van der Waals surface area contributed by atoms with E-state index in [1.807, 2.05) is 13.8 Å². The van der Waals surface area contributed by atoms with E-state index >= 15 is 0 Å². The van der Waals surface area contributed by atoms with Gasteiger partial charge in [0, 0.05) is 10.6 Å². The SMILES string of the molecule is CC(C)Oc1ccc(Cl)cc1C(O)C(Cl)Cl. The number of alkyl halides is 2. The highest BCUT2D eigenvalue weighted by Gasteiger charge is 2.21. The molecule has 0 radical (unpaired) electrons. The van der Waals surface area contributed by atoms with E-state index in [1.54, 1.807) is 18.2 Å². The number of aliphatic hydroxyl groups excluding tert-OH is 1. The van der Waals surface area contributed by atoms with Crippen molar-refractivity contribution in [3.63, 3.8) is 0 Å². The molecule has 90 valence electrons. The monoisotopic (exact) mass is 282 g/mol. The van der Waals surface area contributed by atoms with Crippen molar-refractivity contribution >= 4 is 34.8 Å². The maximum atomic E-state index is 9.81. The molecule has 16 heavy (non-hydrogen) atoms.